The van der Waals surface area contributed by atoms with Gasteiger partial charge in [0.2, 0.25) is 0 Å². The molecular formula is C10H14O. The number of allylic oxidation sites excluding steroid dienone is 2. The summed E-state index contributed by atoms with van der Waals surface area (Å²) in [6.45, 7) is 1.97. The minimum absolute atomic E-state index is 0.384. The SMILES string of the molecule is CCC(=O)[C@H]1C[C@H]2C=C[C@@H]1C2. The Labute approximate surface area is 67.5 Å². The van der Waals surface area contributed by atoms with Gasteiger partial charge in [0.25, 0.3) is 0 Å². The van der Waals surface area contributed by atoms with Gasteiger partial charge in [0, 0.05) is 12.3 Å². The van der Waals surface area contributed by atoms with E-state index < -0.39 is 0 Å². The Bertz CT molecular complexity index is 205. The van der Waals surface area contributed by atoms with Crippen molar-refractivity contribution in [2.24, 2.45) is 17.8 Å². The van der Waals surface area contributed by atoms with Crippen LogP contribution in [0.5, 0.6) is 0 Å². The zero-order valence-electron chi connectivity index (χ0n) is 6.92. The van der Waals surface area contributed by atoms with Crippen LogP contribution in [0.4, 0.5) is 0 Å². The molecular weight excluding hydrogens is 136 g/mol. The highest BCUT2D eigenvalue weighted by Crippen LogP contribution is 2.43. The van der Waals surface area contributed by atoms with Crippen LogP contribution in [0.3, 0.4) is 0 Å². The molecule has 2 bridgehead atoms. The summed E-state index contributed by atoms with van der Waals surface area (Å²) < 4.78 is 0. The molecule has 2 aliphatic carbocycles. The number of Topliss-reactive ketones (excluding diaryl/α,β-unsaturated/α-hetero) is 1. The molecule has 60 valence electrons. The topological polar surface area (TPSA) is 17.1 Å². The van der Waals surface area contributed by atoms with Gasteiger partial charge in [0.15, 0.2) is 0 Å². The lowest BCUT2D eigenvalue weighted by atomic mass is 9.89. The van der Waals surface area contributed by atoms with Crippen molar-refractivity contribution in [1.29, 1.82) is 0 Å². The molecule has 0 spiro atoms. The second-order valence-corrected chi connectivity index (χ2v) is 3.71. The third-order valence-corrected chi connectivity index (χ3v) is 3.04. The number of carbonyl (C=O) groups excluding carboxylic acids is 1. The number of hydrogen-bond donors (Lipinski definition) is 0. The first-order chi connectivity index (χ1) is 5.31. The molecule has 1 fully saturated rings. The van der Waals surface area contributed by atoms with E-state index >= 15 is 0 Å². The Kier molecular flexibility index (Phi) is 1.59. The van der Waals surface area contributed by atoms with Crippen LogP contribution in [-0.4, -0.2) is 5.78 Å². The molecule has 0 unspecified atom stereocenters. The Morgan fingerprint density at radius 3 is 2.73 bits per heavy atom. The molecule has 0 amide bonds. The van der Waals surface area contributed by atoms with Gasteiger partial charge in [-0.25, -0.2) is 0 Å². The quantitative estimate of drug-likeness (QED) is 0.551. The van der Waals surface area contributed by atoms with E-state index in [-0.39, 0.29) is 0 Å². The molecule has 0 aromatic carbocycles. The van der Waals surface area contributed by atoms with Crippen molar-refractivity contribution in [1.82, 2.24) is 0 Å². The van der Waals surface area contributed by atoms with Crippen LogP contribution in [0, 0.1) is 17.8 Å². The first-order valence-corrected chi connectivity index (χ1v) is 4.52. The van der Waals surface area contributed by atoms with E-state index in [0.29, 0.717) is 17.6 Å². The summed E-state index contributed by atoms with van der Waals surface area (Å²) in [6, 6.07) is 0. The van der Waals surface area contributed by atoms with Crippen molar-refractivity contribution in [3.63, 3.8) is 0 Å². The number of carbonyl (C=O) groups is 1. The zero-order valence-corrected chi connectivity index (χ0v) is 6.92. The van der Waals surface area contributed by atoms with Gasteiger partial charge in [-0.1, -0.05) is 19.1 Å². The molecule has 1 nitrogen and oxygen atoms in total. The summed E-state index contributed by atoms with van der Waals surface area (Å²) in [6.07, 6.45) is 7.63. The lowest BCUT2D eigenvalue weighted by Gasteiger charge is -2.14. The molecule has 2 aliphatic rings. The van der Waals surface area contributed by atoms with Gasteiger partial charge in [-0.2, -0.15) is 0 Å². The maximum Gasteiger partial charge on any atom is 0.136 e. The maximum atomic E-state index is 11.4. The fourth-order valence-corrected chi connectivity index (χ4v) is 2.41. The first-order valence-electron chi connectivity index (χ1n) is 4.52. The van der Waals surface area contributed by atoms with Crippen molar-refractivity contribution in [3.8, 4) is 0 Å². The van der Waals surface area contributed by atoms with E-state index in [0.717, 1.165) is 18.8 Å². The van der Waals surface area contributed by atoms with Crippen molar-refractivity contribution in [3.05, 3.63) is 12.2 Å². The van der Waals surface area contributed by atoms with E-state index in [9.17, 15) is 4.79 Å². The van der Waals surface area contributed by atoms with Gasteiger partial charge in [0.05, 0.1) is 0 Å². The number of ketones is 1. The fourth-order valence-electron chi connectivity index (χ4n) is 2.41. The van der Waals surface area contributed by atoms with Crippen LogP contribution in [0.25, 0.3) is 0 Å². The molecule has 0 aliphatic heterocycles. The Balaban J connectivity index is 2.08. The van der Waals surface area contributed by atoms with E-state index in [1.807, 2.05) is 6.92 Å². The Morgan fingerprint density at radius 1 is 1.45 bits per heavy atom. The molecule has 0 N–H and O–H groups in total. The highest BCUT2D eigenvalue weighted by molar-refractivity contribution is 5.81. The molecule has 2 rings (SSSR count). The average Bonchev–Trinajstić information content (AvgIpc) is 2.62. The van der Waals surface area contributed by atoms with Crippen molar-refractivity contribution in [2.45, 2.75) is 26.2 Å². The second-order valence-electron chi connectivity index (χ2n) is 3.71. The standard InChI is InChI=1S/C10H14O/c1-2-10(11)9-6-7-3-4-8(9)5-7/h3-4,7-9H,2,5-6H2,1H3/t7-,8+,9-/m0/s1. The maximum absolute atomic E-state index is 11.4. The minimum atomic E-state index is 0.384. The number of hydrogen-bond acceptors (Lipinski definition) is 1. The highest BCUT2D eigenvalue weighted by Gasteiger charge is 2.38. The third-order valence-electron chi connectivity index (χ3n) is 3.04. The largest absolute Gasteiger partial charge is 0.299 e. The predicted molar refractivity (Wildman–Crippen MR) is 44.1 cm³/mol. The van der Waals surface area contributed by atoms with Crippen molar-refractivity contribution in [2.75, 3.05) is 0 Å². The molecule has 0 aromatic heterocycles. The molecule has 0 heterocycles. The first kappa shape index (κ1) is 7.08. The molecule has 1 saturated carbocycles. The minimum Gasteiger partial charge on any atom is -0.299 e. The van der Waals surface area contributed by atoms with Crippen LogP contribution in [0.2, 0.25) is 0 Å². The van der Waals surface area contributed by atoms with Gasteiger partial charge >= 0.3 is 0 Å². The Morgan fingerprint density at radius 2 is 2.27 bits per heavy atom. The second kappa shape index (κ2) is 2.47. The van der Waals surface area contributed by atoms with E-state index in [2.05, 4.69) is 12.2 Å². The molecule has 0 radical (unpaired) electrons. The highest BCUT2D eigenvalue weighted by atomic mass is 16.1. The van der Waals surface area contributed by atoms with Crippen LogP contribution in [0.1, 0.15) is 26.2 Å². The third kappa shape index (κ3) is 1.03. The smallest absolute Gasteiger partial charge is 0.136 e. The van der Waals surface area contributed by atoms with Crippen molar-refractivity contribution < 1.29 is 4.79 Å². The van der Waals surface area contributed by atoms with E-state index in [1.54, 1.807) is 0 Å². The predicted octanol–water partition coefficient (Wildman–Crippen LogP) is 2.18. The average molecular weight is 150 g/mol. The van der Waals surface area contributed by atoms with Gasteiger partial charge in [-0.15, -0.1) is 0 Å². The number of fused-ring (bicyclic) bond motifs is 2. The molecule has 1 heteroatoms. The normalized spacial score (nSPS) is 39.9. The fraction of sp³-hybridized carbons (Fsp3) is 0.700. The summed E-state index contributed by atoms with van der Waals surface area (Å²) in [4.78, 5) is 11.4. The molecule has 11 heavy (non-hydrogen) atoms. The zero-order chi connectivity index (χ0) is 7.84. The van der Waals surface area contributed by atoms with Gasteiger partial charge in [-0.3, -0.25) is 4.79 Å². The monoisotopic (exact) mass is 150 g/mol. The number of rotatable bonds is 2. The van der Waals surface area contributed by atoms with E-state index in [1.165, 1.54) is 6.42 Å². The van der Waals surface area contributed by atoms with Crippen LogP contribution in [0.15, 0.2) is 12.2 Å². The summed E-state index contributed by atoms with van der Waals surface area (Å²) in [5.41, 5.74) is 0. The molecule has 0 aromatic rings. The summed E-state index contributed by atoms with van der Waals surface area (Å²) in [5, 5.41) is 0. The van der Waals surface area contributed by atoms with Crippen LogP contribution >= 0.6 is 0 Å². The Hall–Kier alpha value is -0.590. The lowest BCUT2D eigenvalue weighted by molar-refractivity contribution is -0.123. The van der Waals surface area contributed by atoms with Crippen LogP contribution < -0.4 is 0 Å². The lowest BCUT2D eigenvalue weighted by Crippen LogP contribution is -2.17. The van der Waals surface area contributed by atoms with Crippen LogP contribution in [-0.2, 0) is 4.79 Å². The molecule has 0 saturated heterocycles. The van der Waals surface area contributed by atoms with Gasteiger partial charge in [-0.05, 0) is 24.7 Å². The van der Waals surface area contributed by atoms with Gasteiger partial charge < -0.3 is 0 Å². The summed E-state index contributed by atoms with van der Waals surface area (Å²) in [7, 11) is 0. The molecule has 3 atom stereocenters. The van der Waals surface area contributed by atoms with Gasteiger partial charge in [0.1, 0.15) is 5.78 Å². The summed E-state index contributed by atoms with van der Waals surface area (Å²) >= 11 is 0. The van der Waals surface area contributed by atoms with E-state index in [4.69, 9.17) is 0 Å². The van der Waals surface area contributed by atoms with Crippen molar-refractivity contribution >= 4 is 5.78 Å². The summed E-state index contributed by atoms with van der Waals surface area (Å²) in [5.74, 6) is 2.20.